The van der Waals surface area contributed by atoms with E-state index in [-0.39, 0.29) is 24.5 Å². The van der Waals surface area contributed by atoms with Gasteiger partial charge in [0, 0.05) is 42.8 Å². The molecule has 1 aliphatic rings. The Labute approximate surface area is 194 Å². The lowest BCUT2D eigenvalue weighted by molar-refractivity contribution is -0.137. The third-order valence-electron chi connectivity index (χ3n) is 5.96. The first-order chi connectivity index (χ1) is 16.2. The maximum atomic E-state index is 13.9. The molecule has 8 heteroatoms. The van der Waals surface area contributed by atoms with Crippen LogP contribution in [0, 0.1) is 11.9 Å². The number of anilines is 1. The molecule has 1 fully saturated rings. The summed E-state index contributed by atoms with van der Waals surface area (Å²) >= 11 is 0. The summed E-state index contributed by atoms with van der Waals surface area (Å²) in [4.78, 5) is 30.9. The Balaban J connectivity index is 1.40. The van der Waals surface area contributed by atoms with Crippen molar-refractivity contribution in [1.82, 2.24) is 4.98 Å². The van der Waals surface area contributed by atoms with Crippen LogP contribution in [0.2, 0.25) is 0 Å². The van der Waals surface area contributed by atoms with E-state index in [0.717, 1.165) is 18.6 Å². The van der Waals surface area contributed by atoms with Crippen LogP contribution in [0.4, 0.5) is 23.2 Å². The number of benzene rings is 2. The van der Waals surface area contributed by atoms with Gasteiger partial charge in [-0.1, -0.05) is 24.3 Å². The van der Waals surface area contributed by atoms with Crippen molar-refractivity contribution in [2.24, 2.45) is 5.92 Å². The second-order valence-electron chi connectivity index (χ2n) is 8.33. The molecule has 2 heterocycles. The minimum atomic E-state index is -4.43. The number of piperidine rings is 1. The molecule has 1 amide bonds. The Morgan fingerprint density at radius 2 is 1.74 bits per heavy atom. The van der Waals surface area contributed by atoms with Gasteiger partial charge in [0.1, 0.15) is 5.78 Å². The average Bonchev–Trinajstić information content (AvgIpc) is 2.81. The average molecular weight is 470 g/mol. The Bertz CT molecular complexity index is 1170. The van der Waals surface area contributed by atoms with Crippen molar-refractivity contribution in [3.63, 3.8) is 0 Å². The minimum absolute atomic E-state index is 0.0205. The fourth-order valence-corrected chi connectivity index (χ4v) is 4.20. The van der Waals surface area contributed by atoms with Gasteiger partial charge < -0.3 is 4.90 Å². The van der Waals surface area contributed by atoms with Crippen molar-refractivity contribution >= 4 is 17.4 Å². The number of hydrogen-bond acceptors (Lipinski definition) is 3. The van der Waals surface area contributed by atoms with Gasteiger partial charge in [0.05, 0.1) is 5.56 Å². The molecule has 34 heavy (non-hydrogen) atoms. The van der Waals surface area contributed by atoms with E-state index in [1.807, 2.05) is 0 Å². The summed E-state index contributed by atoms with van der Waals surface area (Å²) in [7, 11) is 0. The summed E-state index contributed by atoms with van der Waals surface area (Å²) in [5.41, 5.74) is 1.39. The molecule has 0 spiro atoms. The number of Topliss-reactive ketones (excluding diaryl/α,β-unsaturated/α-hetero) is 1. The molecule has 0 aliphatic carbocycles. The van der Waals surface area contributed by atoms with E-state index in [2.05, 4.69) is 4.98 Å². The molecule has 2 aromatic carbocycles. The highest BCUT2D eigenvalue weighted by Crippen LogP contribution is 2.31. The van der Waals surface area contributed by atoms with Crippen LogP contribution in [-0.4, -0.2) is 23.2 Å². The lowest BCUT2D eigenvalue weighted by Crippen LogP contribution is -2.42. The van der Waals surface area contributed by atoms with Gasteiger partial charge in [0.2, 0.25) is 11.9 Å². The van der Waals surface area contributed by atoms with Crippen LogP contribution in [0.1, 0.15) is 30.4 Å². The molecule has 4 rings (SSSR count). The van der Waals surface area contributed by atoms with E-state index < -0.39 is 23.6 Å². The molecule has 0 unspecified atom stereocenters. The third kappa shape index (κ3) is 5.32. The van der Waals surface area contributed by atoms with Crippen molar-refractivity contribution in [2.75, 3.05) is 11.4 Å². The van der Waals surface area contributed by atoms with Gasteiger partial charge in [0.25, 0.3) is 0 Å². The summed E-state index contributed by atoms with van der Waals surface area (Å²) in [5.74, 6) is -1.41. The number of alkyl halides is 3. The topological polar surface area (TPSA) is 50.3 Å². The minimum Gasteiger partial charge on any atom is -0.312 e. The molecular formula is C26H22F4N2O2. The summed E-state index contributed by atoms with van der Waals surface area (Å²) in [5, 5.41) is 0. The number of aromatic nitrogens is 1. The summed E-state index contributed by atoms with van der Waals surface area (Å²) in [6.45, 7) is 0.517. The van der Waals surface area contributed by atoms with Crippen LogP contribution < -0.4 is 4.90 Å². The Morgan fingerprint density at radius 1 is 1.03 bits per heavy atom. The summed E-state index contributed by atoms with van der Waals surface area (Å²) in [6.07, 6.45) is -1.73. The zero-order valence-corrected chi connectivity index (χ0v) is 18.2. The highest BCUT2D eigenvalue weighted by Gasteiger charge is 2.32. The first kappa shape index (κ1) is 23.6. The van der Waals surface area contributed by atoms with E-state index in [1.165, 1.54) is 18.3 Å². The number of nitrogens with zero attached hydrogens (tertiary/aromatic N) is 2. The molecule has 0 N–H and O–H groups in total. The molecule has 4 nitrogen and oxygen atoms in total. The molecule has 3 aromatic rings. The number of carbonyl (C=O) groups is 2. The van der Waals surface area contributed by atoms with E-state index in [1.54, 1.807) is 41.3 Å². The first-order valence-corrected chi connectivity index (χ1v) is 10.9. The van der Waals surface area contributed by atoms with E-state index in [9.17, 15) is 27.2 Å². The molecule has 0 radical (unpaired) electrons. The molecule has 176 valence electrons. The van der Waals surface area contributed by atoms with Gasteiger partial charge >= 0.3 is 6.18 Å². The number of amides is 1. The predicted octanol–water partition coefficient (Wildman–Crippen LogP) is 5.85. The van der Waals surface area contributed by atoms with Crippen molar-refractivity contribution in [3.05, 3.63) is 83.9 Å². The monoisotopic (exact) mass is 470 g/mol. The largest absolute Gasteiger partial charge is 0.416 e. The molecule has 1 aromatic heterocycles. The number of ketones is 1. The summed E-state index contributed by atoms with van der Waals surface area (Å²) in [6, 6.07) is 14.7. The highest BCUT2D eigenvalue weighted by atomic mass is 19.4. The van der Waals surface area contributed by atoms with Crippen molar-refractivity contribution in [3.8, 4) is 11.1 Å². The standard InChI is InChI=1S/C26H22F4N2O2/c27-24-23(4-1-13-31-24)18-7-11-21(12-8-18)32-14-2-3-19(25(32)34)16-22(33)15-17-5-9-20(10-6-17)26(28,29)30/h1,4-13,19H,2-3,14-16H2/t19-/m0/s1. The normalized spacial score (nSPS) is 16.5. The smallest absolute Gasteiger partial charge is 0.312 e. The van der Waals surface area contributed by atoms with Crippen LogP contribution >= 0.6 is 0 Å². The zero-order chi connectivity index (χ0) is 24.3. The second kappa shape index (κ2) is 9.75. The molecule has 1 saturated heterocycles. The van der Waals surface area contributed by atoms with Crippen LogP contribution in [0.5, 0.6) is 0 Å². The van der Waals surface area contributed by atoms with Gasteiger partial charge in [-0.05, 0) is 60.4 Å². The number of pyridine rings is 1. The Kier molecular flexibility index (Phi) is 6.77. The SMILES string of the molecule is O=C(Cc1ccc(C(F)(F)F)cc1)C[C@@H]1CCCN(c2ccc(-c3cccnc3F)cc2)C1=O. The highest BCUT2D eigenvalue weighted by molar-refractivity contribution is 5.98. The van der Waals surface area contributed by atoms with Crippen LogP contribution in [-0.2, 0) is 22.2 Å². The zero-order valence-electron chi connectivity index (χ0n) is 18.2. The number of hydrogen-bond donors (Lipinski definition) is 0. The van der Waals surface area contributed by atoms with Crippen LogP contribution in [0.15, 0.2) is 66.9 Å². The molecule has 0 bridgehead atoms. The second-order valence-corrected chi connectivity index (χ2v) is 8.33. The van der Waals surface area contributed by atoms with Crippen molar-refractivity contribution in [1.29, 1.82) is 0 Å². The van der Waals surface area contributed by atoms with E-state index >= 15 is 0 Å². The van der Waals surface area contributed by atoms with Gasteiger partial charge in [-0.25, -0.2) is 4.98 Å². The Morgan fingerprint density at radius 3 is 2.38 bits per heavy atom. The van der Waals surface area contributed by atoms with Gasteiger partial charge in [-0.15, -0.1) is 0 Å². The first-order valence-electron chi connectivity index (χ1n) is 10.9. The lowest BCUT2D eigenvalue weighted by Gasteiger charge is -2.32. The number of carbonyl (C=O) groups excluding carboxylic acids is 2. The van der Waals surface area contributed by atoms with E-state index in [0.29, 0.717) is 35.3 Å². The maximum absolute atomic E-state index is 13.9. The molecule has 0 saturated carbocycles. The Hall–Kier alpha value is -3.55. The lowest BCUT2D eigenvalue weighted by atomic mass is 9.90. The molecule has 1 atom stereocenters. The van der Waals surface area contributed by atoms with Crippen molar-refractivity contribution < 1.29 is 27.2 Å². The predicted molar refractivity (Wildman–Crippen MR) is 119 cm³/mol. The quantitative estimate of drug-likeness (QED) is 0.335. The van der Waals surface area contributed by atoms with Gasteiger partial charge in [-0.2, -0.15) is 17.6 Å². The third-order valence-corrected chi connectivity index (χ3v) is 5.96. The van der Waals surface area contributed by atoms with Crippen molar-refractivity contribution in [2.45, 2.75) is 31.9 Å². The fraction of sp³-hybridized carbons (Fsp3) is 0.269. The van der Waals surface area contributed by atoms with Gasteiger partial charge in [-0.3, -0.25) is 9.59 Å². The fourth-order valence-electron chi connectivity index (χ4n) is 4.20. The molecule has 1 aliphatic heterocycles. The number of halogens is 4. The van der Waals surface area contributed by atoms with Gasteiger partial charge in [0.15, 0.2) is 0 Å². The van der Waals surface area contributed by atoms with Crippen LogP contribution in [0.25, 0.3) is 11.1 Å². The number of rotatable bonds is 6. The maximum Gasteiger partial charge on any atom is 0.416 e. The molecular weight excluding hydrogens is 448 g/mol. The summed E-state index contributed by atoms with van der Waals surface area (Å²) < 4.78 is 52.1. The van der Waals surface area contributed by atoms with Crippen LogP contribution in [0.3, 0.4) is 0 Å². The van der Waals surface area contributed by atoms with E-state index in [4.69, 9.17) is 0 Å².